The van der Waals surface area contributed by atoms with Crippen molar-refractivity contribution in [1.82, 2.24) is 5.32 Å². The van der Waals surface area contributed by atoms with Crippen LogP contribution in [0.4, 0.5) is 0 Å². The Labute approximate surface area is 107 Å². The summed E-state index contributed by atoms with van der Waals surface area (Å²) in [6.07, 6.45) is -1.67. The molecule has 0 spiro atoms. The summed E-state index contributed by atoms with van der Waals surface area (Å²) in [5, 5.41) is 19.9. The Morgan fingerprint density at radius 1 is 1.29 bits per heavy atom. The standard InChI is InChI=1S/C10H9Cl2NO4/c11-5-2-1-3-6(12)8(5)9(15)13-4-7(14)10(16)17/h1-3,7,14H,4H2,(H,13,15)(H,16,17)/t7-/m0/s1. The van der Waals surface area contributed by atoms with Crippen LogP contribution in [-0.4, -0.2) is 34.7 Å². The summed E-state index contributed by atoms with van der Waals surface area (Å²) in [7, 11) is 0. The summed E-state index contributed by atoms with van der Waals surface area (Å²) in [6.45, 7) is -0.421. The molecule has 0 aromatic heterocycles. The molecular weight excluding hydrogens is 269 g/mol. The third kappa shape index (κ3) is 3.59. The molecule has 0 saturated carbocycles. The molecule has 0 unspecified atom stereocenters. The van der Waals surface area contributed by atoms with Gasteiger partial charge in [0.1, 0.15) is 0 Å². The molecule has 92 valence electrons. The van der Waals surface area contributed by atoms with Crippen molar-refractivity contribution in [1.29, 1.82) is 0 Å². The molecule has 5 nitrogen and oxygen atoms in total. The smallest absolute Gasteiger partial charge is 0.334 e. The number of carboxylic acids is 1. The highest BCUT2D eigenvalue weighted by Gasteiger charge is 2.18. The van der Waals surface area contributed by atoms with E-state index < -0.39 is 24.5 Å². The second-order valence-electron chi connectivity index (χ2n) is 3.16. The number of halogens is 2. The number of aliphatic hydroxyl groups is 1. The van der Waals surface area contributed by atoms with E-state index in [2.05, 4.69) is 5.32 Å². The van der Waals surface area contributed by atoms with E-state index in [1.54, 1.807) is 6.07 Å². The summed E-state index contributed by atoms with van der Waals surface area (Å²) in [5.74, 6) is -2.06. The van der Waals surface area contributed by atoms with Crippen molar-refractivity contribution < 1.29 is 19.8 Å². The number of carbonyl (C=O) groups excluding carboxylic acids is 1. The molecule has 3 N–H and O–H groups in total. The van der Waals surface area contributed by atoms with Gasteiger partial charge in [0.05, 0.1) is 22.2 Å². The van der Waals surface area contributed by atoms with Crippen molar-refractivity contribution >= 4 is 35.1 Å². The Bertz CT molecular complexity index is 430. The molecule has 17 heavy (non-hydrogen) atoms. The van der Waals surface area contributed by atoms with Crippen molar-refractivity contribution in [2.75, 3.05) is 6.54 Å². The van der Waals surface area contributed by atoms with Gasteiger partial charge in [0, 0.05) is 0 Å². The first-order valence-corrected chi connectivity index (χ1v) is 5.32. The molecular formula is C10H9Cl2NO4. The SMILES string of the molecule is O=C(NC[C@H](O)C(=O)O)c1c(Cl)cccc1Cl. The van der Waals surface area contributed by atoms with Gasteiger partial charge in [-0.2, -0.15) is 0 Å². The van der Waals surface area contributed by atoms with Gasteiger partial charge in [-0.15, -0.1) is 0 Å². The number of amides is 1. The lowest BCUT2D eigenvalue weighted by Crippen LogP contribution is -2.36. The van der Waals surface area contributed by atoms with Gasteiger partial charge in [-0.1, -0.05) is 29.3 Å². The zero-order valence-electron chi connectivity index (χ0n) is 8.48. The van der Waals surface area contributed by atoms with E-state index in [4.69, 9.17) is 33.4 Å². The molecule has 0 saturated heterocycles. The zero-order valence-corrected chi connectivity index (χ0v) is 10.00. The Morgan fingerprint density at radius 2 is 1.82 bits per heavy atom. The monoisotopic (exact) mass is 277 g/mol. The molecule has 0 radical (unpaired) electrons. The van der Waals surface area contributed by atoms with Crippen molar-refractivity contribution in [3.8, 4) is 0 Å². The number of hydrogen-bond acceptors (Lipinski definition) is 3. The van der Waals surface area contributed by atoms with E-state index in [0.29, 0.717) is 0 Å². The van der Waals surface area contributed by atoms with Crippen LogP contribution in [0.5, 0.6) is 0 Å². The first kappa shape index (κ1) is 13.8. The molecule has 0 aliphatic heterocycles. The molecule has 1 aromatic carbocycles. The second-order valence-corrected chi connectivity index (χ2v) is 3.98. The molecule has 1 amide bonds. The fraction of sp³-hybridized carbons (Fsp3) is 0.200. The van der Waals surface area contributed by atoms with E-state index in [1.165, 1.54) is 12.1 Å². The van der Waals surface area contributed by atoms with E-state index in [9.17, 15) is 9.59 Å². The van der Waals surface area contributed by atoms with Gasteiger partial charge in [0.15, 0.2) is 6.10 Å². The predicted octanol–water partition coefficient (Wildman–Crippen LogP) is 1.17. The van der Waals surface area contributed by atoms with E-state index in [0.717, 1.165) is 0 Å². The predicted molar refractivity (Wildman–Crippen MR) is 62.4 cm³/mol. The van der Waals surface area contributed by atoms with Gasteiger partial charge >= 0.3 is 5.97 Å². The van der Waals surface area contributed by atoms with Crippen molar-refractivity contribution in [3.63, 3.8) is 0 Å². The minimum atomic E-state index is -1.67. The second kappa shape index (κ2) is 5.86. The van der Waals surface area contributed by atoms with E-state index in [-0.39, 0.29) is 15.6 Å². The number of benzene rings is 1. The van der Waals surface area contributed by atoms with Crippen LogP contribution in [0, 0.1) is 0 Å². The minimum Gasteiger partial charge on any atom is -0.479 e. The lowest BCUT2D eigenvalue weighted by Gasteiger charge is -2.09. The number of aliphatic hydroxyl groups excluding tert-OH is 1. The maximum Gasteiger partial charge on any atom is 0.334 e. The third-order valence-electron chi connectivity index (χ3n) is 1.93. The topological polar surface area (TPSA) is 86.6 Å². The van der Waals surface area contributed by atoms with Crippen LogP contribution >= 0.6 is 23.2 Å². The van der Waals surface area contributed by atoms with Crippen LogP contribution in [0.25, 0.3) is 0 Å². The molecule has 1 atom stereocenters. The van der Waals surface area contributed by atoms with E-state index in [1.807, 2.05) is 0 Å². The highest BCUT2D eigenvalue weighted by Crippen LogP contribution is 2.23. The molecule has 1 rings (SSSR count). The minimum absolute atomic E-state index is 0.0495. The number of carboxylic acid groups (broad SMARTS) is 1. The van der Waals surface area contributed by atoms with Gasteiger partial charge < -0.3 is 15.5 Å². The maximum absolute atomic E-state index is 11.6. The third-order valence-corrected chi connectivity index (χ3v) is 2.56. The van der Waals surface area contributed by atoms with Gasteiger partial charge in [-0.25, -0.2) is 4.79 Å². The summed E-state index contributed by atoms with van der Waals surface area (Å²) in [5.41, 5.74) is 0.0495. The Kier molecular flexibility index (Phi) is 4.74. The van der Waals surface area contributed by atoms with Crippen LogP contribution in [-0.2, 0) is 4.79 Å². The highest BCUT2D eigenvalue weighted by atomic mass is 35.5. The number of rotatable bonds is 4. The molecule has 0 aliphatic rings. The molecule has 0 fully saturated rings. The molecule has 0 aliphatic carbocycles. The zero-order chi connectivity index (χ0) is 13.0. The van der Waals surface area contributed by atoms with Gasteiger partial charge in [-0.05, 0) is 12.1 Å². The van der Waals surface area contributed by atoms with Gasteiger partial charge in [-0.3, -0.25) is 4.79 Å². The number of hydrogen-bond donors (Lipinski definition) is 3. The Morgan fingerprint density at radius 3 is 2.29 bits per heavy atom. The van der Waals surface area contributed by atoms with Crippen LogP contribution < -0.4 is 5.32 Å². The number of nitrogens with one attached hydrogen (secondary N) is 1. The fourth-order valence-corrected chi connectivity index (χ4v) is 1.65. The molecule has 1 aromatic rings. The van der Waals surface area contributed by atoms with Crippen molar-refractivity contribution in [3.05, 3.63) is 33.8 Å². The average Bonchev–Trinajstić information content (AvgIpc) is 2.25. The Hall–Kier alpha value is -1.30. The Balaban J connectivity index is 2.74. The lowest BCUT2D eigenvalue weighted by molar-refractivity contribution is -0.146. The summed E-state index contributed by atoms with van der Waals surface area (Å²) in [4.78, 5) is 22.0. The summed E-state index contributed by atoms with van der Waals surface area (Å²) < 4.78 is 0. The van der Waals surface area contributed by atoms with Crippen LogP contribution in [0.15, 0.2) is 18.2 Å². The summed E-state index contributed by atoms with van der Waals surface area (Å²) in [6, 6.07) is 4.54. The normalized spacial score (nSPS) is 11.9. The maximum atomic E-state index is 11.6. The quantitative estimate of drug-likeness (QED) is 0.771. The molecule has 0 heterocycles. The first-order chi connectivity index (χ1) is 7.93. The van der Waals surface area contributed by atoms with Crippen LogP contribution in [0.2, 0.25) is 10.0 Å². The average molecular weight is 278 g/mol. The summed E-state index contributed by atoms with van der Waals surface area (Å²) >= 11 is 11.6. The molecule has 7 heteroatoms. The van der Waals surface area contributed by atoms with Crippen LogP contribution in [0.3, 0.4) is 0 Å². The number of carbonyl (C=O) groups is 2. The highest BCUT2D eigenvalue weighted by molar-refractivity contribution is 6.39. The van der Waals surface area contributed by atoms with Crippen molar-refractivity contribution in [2.45, 2.75) is 6.10 Å². The van der Waals surface area contributed by atoms with Crippen molar-refractivity contribution in [2.24, 2.45) is 0 Å². The largest absolute Gasteiger partial charge is 0.479 e. The van der Waals surface area contributed by atoms with Crippen LogP contribution in [0.1, 0.15) is 10.4 Å². The lowest BCUT2D eigenvalue weighted by atomic mass is 10.2. The number of aliphatic carboxylic acids is 1. The fourth-order valence-electron chi connectivity index (χ4n) is 1.08. The van der Waals surface area contributed by atoms with Gasteiger partial charge in [0.2, 0.25) is 0 Å². The van der Waals surface area contributed by atoms with E-state index >= 15 is 0 Å². The molecule has 0 bridgehead atoms. The first-order valence-electron chi connectivity index (χ1n) is 4.56. The van der Waals surface area contributed by atoms with Gasteiger partial charge in [0.25, 0.3) is 5.91 Å².